The maximum Gasteiger partial charge on any atom is 0.245 e. The number of hydrogen-bond donors (Lipinski definition) is 1. The summed E-state index contributed by atoms with van der Waals surface area (Å²) in [4.78, 5) is 13.9. The van der Waals surface area contributed by atoms with Gasteiger partial charge in [-0.3, -0.25) is 4.79 Å². The highest BCUT2D eigenvalue weighted by atomic mass is 16.2. The molecule has 140 valence electrons. The molecule has 1 amide bonds. The molecule has 27 heavy (non-hydrogen) atoms. The maximum atomic E-state index is 12.3. The second kappa shape index (κ2) is 6.57. The number of hydrogen-bond acceptors (Lipinski definition) is 6. The summed E-state index contributed by atoms with van der Waals surface area (Å²) in [6, 6.07) is 9.65. The van der Waals surface area contributed by atoms with Crippen molar-refractivity contribution in [2.75, 3.05) is 0 Å². The van der Waals surface area contributed by atoms with Gasteiger partial charge in [0.25, 0.3) is 0 Å². The number of nitrogens with one attached hydrogen (secondary N) is 1. The fraction of sp³-hybridized carbons (Fsp3) is 0.444. The first-order valence-corrected chi connectivity index (χ1v) is 8.94. The van der Waals surface area contributed by atoms with E-state index >= 15 is 0 Å². The Bertz CT molecular complexity index is 940. The minimum Gasteiger partial charge on any atom is -0.351 e. The molecule has 2 atom stereocenters. The van der Waals surface area contributed by atoms with Crippen LogP contribution in [0.2, 0.25) is 0 Å². The average molecular weight is 366 g/mol. The van der Waals surface area contributed by atoms with Gasteiger partial charge in [0.1, 0.15) is 6.04 Å². The summed E-state index contributed by atoms with van der Waals surface area (Å²) in [5, 5.41) is 23.8. The predicted molar refractivity (Wildman–Crippen MR) is 97.4 cm³/mol. The summed E-state index contributed by atoms with van der Waals surface area (Å²) in [5.41, 5.74) is 1.58. The van der Waals surface area contributed by atoms with E-state index in [-0.39, 0.29) is 23.4 Å². The molecule has 4 rings (SSSR count). The molecule has 3 heterocycles. The molecule has 0 bridgehead atoms. The second-order valence-electron chi connectivity index (χ2n) is 7.89. The molecule has 2 unspecified atom stereocenters. The summed E-state index contributed by atoms with van der Waals surface area (Å²) in [5.74, 6) is 0.357. The molecule has 1 N–H and O–H groups in total. The molecule has 1 aliphatic heterocycles. The lowest BCUT2D eigenvalue weighted by Crippen LogP contribution is -2.36. The lowest BCUT2D eigenvalue weighted by atomic mass is 9.85. The van der Waals surface area contributed by atoms with Gasteiger partial charge in [-0.1, -0.05) is 56.3 Å². The van der Waals surface area contributed by atoms with Gasteiger partial charge >= 0.3 is 0 Å². The van der Waals surface area contributed by atoms with Crippen LogP contribution in [0.25, 0.3) is 11.5 Å². The average Bonchev–Trinajstić information content (AvgIpc) is 3.34. The second-order valence-corrected chi connectivity index (χ2v) is 7.89. The molecular weight excluding hydrogens is 344 g/mol. The predicted octanol–water partition coefficient (Wildman–Crippen LogP) is 1.46. The fourth-order valence-corrected chi connectivity index (χ4v) is 3.15. The zero-order valence-electron chi connectivity index (χ0n) is 15.6. The molecule has 2 aromatic heterocycles. The number of carbonyl (C=O) groups excluding carboxylic acids is 1. The van der Waals surface area contributed by atoms with E-state index < -0.39 is 0 Å². The van der Waals surface area contributed by atoms with Gasteiger partial charge in [0.2, 0.25) is 11.7 Å². The first kappa shape index (κ1) is 17.3. The van der Waals surface area contributed by atoms with Crippen LogP contribution in [0, 0.1) is 5.41 Å². The summed E-state index contributed by atoms with van der Waals surface area (Å²) in [7, 11) is 0. The van der Waals surface area contributed by atoms with Gasteiger partial charge < -0.3 is 5.32 Å². The van der Waals surface area contributed by atoms with Crippen LogP contribution in [-0.2, 0) is 11.3 Å². The van der Waals surface area contributed by atoms with Crippen LogP contribution in [-0.4, -0.2) is 47.2 Å². The summed E-state index contributed by atoms with van der Waals surface area (Å²) >= 11 is 0. The molecule has 1 fully saturated rings. The van der Waals surface area contributed by atoms with Gasteiger partial charge in [-0.25, -0.2) is 4.68 Å². The summed E-state index contributed by atoms with van der Waals surface area (Å²) < 4.78 is 1.59. The number of aromatic nitrogens is 7. The molecule has 3 aromatic rings. The van der Waals surface area contributed by atoms with Crippen molar-refractivity contribution in [3.63, 3.8) is 0 Å². The Morgan fingerprint density at radius 3 is 2.63 bits per heavy atom. The van der Waals surface area contributed by atoms with Crippen LogP contribution < -0.4 is 5.32 Å². The molecule has 0 aliphatic carbocycles. The van der Waals surface area contributed by atoms with Crippen molar-refractivity contribution >= 4 is 5.91 Å². The normalized spacial score (nSPS) is 20.0. The van der Waals surface area contributed by atoms with E-state index in [4.69, 9.17) is 0 Å². The third-order valence-electron chi connectivity index (χ3n) is 4.80. The molecule has 0 radical (unpaired) electrons. The smallest absolute Gasteiger partial charge is 0.245 e. The van der Waals surface area contributed by atoms with Crippen LogP contribution >= 0.6 is 0 Å². The lowest BCUT2D eigenvalue weighted by molar-refractivity contribution is -0.122. The van der Waals surface area contributed by atoms with Crippen molar-refractivity contribution < 1.29 is 4.79 Å². The third-order valence-corrected chi connectivity index (χ3v) is 4.80. The monoisotopic (exact) mass is 366 g/mol. The number of nitrogens with zero attached hydrogens (tertiary/aromatic N) is 7. The first-order valence-electron chi connectivity index (χ1n) is 8.94. The van der Waals surface area contributed by atoms with Crippen LogP contribution in [0.4, 0.5) is 0 Å². The Hall–Kier alpha value is -3.10. The number of tetrazole rings is 1. The SMILES string of the molecule is CC(C)(C)C1CC(n2cc(-c3nnn(Cc4ccccc4)n3)nn2)C(=O)N1. The molecule has 0 spiro atoms. The summed E-state index contributed by atoms with van der Waals surface area (Å²) in [6.07, 6.45) is 2.39. The van der Waals surface area contributed by atoms with Crippen LogP contribution in [0.15, 0.2) is 36.5 Å². The van der Waals surface area contributed by atoms with E-state index in [2.05, 4.69) is 51.8 Å². The Labute approximate surface area is 156 Å². The van der Waals surface area contributed by atoms with Crippen molar-refractivity contribution in [2.24, 2.45) is 5.41 Å². The zero-order valence-corrected chi connectivity index (χ0v) is 15.6. The third kappa shape index (κ3) is 3.57. The van der Waals surface area contributed by atoms with E-state index in [1.54, 1.807) is 10.9 Å². The van der Waals surface area contributed by atoms with Gasteiger partial charge in [0.15, 0.2) is 5.69 Å². The van der Waals surface area contributed by atoms with Crippen molar-refractivity contribution in [3.8, 4) is 11.5 Å². The Morgan fingerprint density at radius 2 is 1.93 bits per heavy atom. The van der Waals surface area contributed by atoms with E-state index in [9.17, 15) is 4.79 Å². The van der Waals surface area contributed by atoms with Crippen LogP contribution in [0.5, 0.6) is 0 Å². The first-order chi connectivity index (χ1) is 12.9. The van der Waals surface area contributed by atoms with Crippen molar-refractivity contribution in [1.82, 2.24) is 40.5 Å². The van der Waals surface area contributed by atoms with Crippen molar-refractivity contribution in [3.05, 3.63) is 42.1 Å². The quantitative estimate of drug-likeness (QED) is 0.750. The molecule has 9 heteroatoms. The van der Waals surface area contributed by atoms with Crippen molar-refractivity contribution in [2.45, 2.75) is 45.8 Å². The van der Waals surface area contributed by atoms with Gasteiger partial charge in [0, 0.05) is 6.04 Å². The molecule has 1 aliphatic rings. The largest absolute Gasteiger partial charge is 0.351 e. The molecule has 0 saturated carbocycles. The van der Waals surface area contributed by atoms with Crippen molar-refractivity contribution in [1.29, 1.82) is 0 Å². The number of benzene rings is 1. The Morgan fingerprint density at radius 1 is 1.15 bits per heavy atom. The van der Waals surface area contributed by atoms with E-state index in [1.807, 2.05) is 30.3 Å². The highest BCUT2D eigenvalue weighted by molar-refractivity contribution is 5.83. The lowest BCUT2D eigenvalue weighted by Gasteiger charge is -2.26. The van der Waals surface area contributed by atoms with E-state index in [1.165, 1.54) is 4.80 Å². The fourth-order valence-electron chi connectivity index (χ4n) is 3.15. The van der Waals surface area contributed by atoms with Crippen LogP contribution in [0.3, 0.4) is 0 Å². The number of carbonyl (C=O) groups is 1. The van der Waals surface area contributed by atoms with E-state index in [0.717, 1.165) is 5.56 Å². The Kier molecular flexibility index (Phi) is 4.21. The molecule has 1 saturated heterocycles. The highest BCUT2D eigenvalue weighted by Crippen LogP contribution is 2.31. The van der Waals surface area contributed by atoms with Gasteiger partial charge in [-0.2, -0.15) is 4.80 Å². The minimum atomic E-state index is -0.366. The molecule has 1 aromatic carbocycles. The zero-order chi connectivity index (χ0) is 19.0. The standard InChI is InChI=1S/C18H22N8O/c1-18(2,3)15-9-14(17(27)19-15)25-11-13(20-23-25)16-21-24-26(22-16)10-12-7-5-4-6-8-12/h4-8,11,14-15H,9-10H2,1-3H3,(H,19,27). The number of rotatable bonds is 4. The van der Waals surface area contributed by atoms with E-state index in [0.29, 0.717) is 24.5 Å². The topological polar surface area (TPSA) is 103 Å². The minimum absolute atomic E-state index is 0.00445. The van der Waals surface area contributed by atoms with Gasteiger partial charge in [-0.15, -0.1) is 15.3 Å². The Balaban J connectivity index is 1.49. The highest BCUT2D eigenvalue weighted by Gasteiger charge is 2.39. The van der Waals surface area contributed by atoms with Gasteiger partial charge in [0.05, 0.1) is 12.7 Å². The maximum absolute atomic E-state index is 12.3. The van der Waals surface area contributed by atoms with Gasteiger partial charge in [-0.05, 0) is 22.6 Å². The number of amides is 1. The summed E-state index contributed by atoms with van der Waals surface area (Å²) in [6.45, 7) is 6.87. The van der Waals surface area contributed by atoms with Crippen LogP contribution in [0.1, 0.15) is 38.8 Å². The molecule has 9 nitrogen and oxygen atoms in total. The molecular formula is C18H22N8O.